The van der Waals surface area contributed by atoms with Crippen LogP contribution in [0.1, 0.15) is 26.3 Å². The molecule has 0 fully saturated rings. The van der Waals surface area contributed by atoms with E-state index in [0.29, 0.717) is 34.2 Å². The maximum absolute atomic E-state index is 13.3. The summed E-state index contributed by atoms with van der Waals surface area (Å²) in [5.74, 6) is 0.527. The Kier molecular flexibility index (Phi) is 7.85. The summed E-state index contributed by atoms with van der Waals surface area (Å²) in [6.07, 6.45) is -4.47. The van der Waals surface area contributed by atoms with Gasteiger partial charge in [0.25, 0.3) is 0 Å². The molecule has 3 aromatic carbocycles. The summed E-state index contributed by atoms with van der Waals surface area (Å²) in [4.78, 5) is 27.3. The Balaban J connectivity index is 1.63. The third kappa shape index (κ3) is 6.84. The van der Waals surface area contributed by atoms with Gasteiger partial charge in [-0.15, -0.1) is 0 Å². The van der Waals surface area contributed by atoms with Gasteiger partial charge in [0, 0.05) is 36.3 Å². The number of ether oxygens (including phenoxy) is 1. The van der Waals surface area contributed by atoms with Crippen LogP contribution in [0.25, 0.3) is 21.5 Å². The topological polar surface area (TPSA) is 106 Å². The van der Waals surface area contributed by atoms with Crippen molar-refractivity contribution >= 4 is 44.2 Å². The first kappa shape index (κ1) is 29.0. The van der Waals surface area contributed by atoms with E-state index < -0.39 is 17.3 Å². The maximum atomic E-state index is 13.3. The Bertz CT molecular complexity index is 1720. The minimum Gasteiger partial charge on any atom is -0.437 e. The molecule has 0 saturated heterocycles. The number of halogens is 3. The highest BCUT2D eigenvalue weighted by molar-refractivity contribution is 7.22. The van der Waals surface area contributed by atoms with E-state index in [1.54, 1.807) is 18.2 Å². The highest BCUT2D eigenvalue weighted by Crippen LogP contribution is 2.37. The molecule has 5 aromatic rings. The average Bonchev–Trinajstić information content (AvgIpc) is 3.34. The fraction of sp³-hybridized carbons (Fsp3) is 0.200. The zero-order valence-corrected chi connectivity index (χ0v) is 23.8. The predicted octanol–water partition coefficient (Wildman–Crippen LogP) is 7.40. The second-order valence-electron chi connectivity index (χ2n) is 10.3. The number of amides is 1. The SMILES string of the molecule is CC(=O)Nc1nc2c(Oc3cc(-c4ccc(C(F)(F)F)cc4)nc(N(CC(C)(C)N)c4ccccc4)n3)cccc2s1. The average molecular weight is 593 g/mol. The lowest BCUT2D eigenvalue weighted by Crippen LogP contribution is -2.44. The Morgan fingerprint density at radius 2 is 1.69 bits per heavy atom. The van der Waals surface area contributed by atoms with Gasteiger partial charge in [0.1, 0.15) is 5.52 Å². The molecule has 5 rings (SSSR count). The second-order valence-corrected chi connectivity index (χ2v) is 11.3. The largest absolute Gasteiger partial charge is 0.437 e. The number of alkyl halides is 3. The van der Waals surface area contributed by atoms with E-state index in [0.717, 1.165) is 22.5 Å². The number of carbonyl (C=O) groups excluding carboxylic acids is 1. The van der Waals surface area contributed by atoms with Crippen molar-refractivity contribution in [2.75, 3.05) is 16.8 Å². The van der Waals surface area contributed by atoms with E-state index >= 15 is 0 Å². The smallest absolute Gasteiger partial charge is 0.416 e. The van der Waals surface area contributed by atoms with Crippen molar-refractivity contribution in [3.8, 4) is 22.9 Å². The van der Waals surface area contributed by atoms with E-state index in [2.05, 4.69) is 10.3 Å². The molecule has 0 radical (unpaired) electrons. The highest BCUT2D eigenvalue weighted by Gasteiger charge is 2.30. The summed E-state index contributed by atoms with van der Waals surface area (Å²) in [6.45, 7) is 5.47. The first-order chi connectivity index (χ1) is 19.9. The number of nitrogens with two attached hydrogens (primary N) is 1. The van der Waals surface area contributed by atoms with Gasteiger partial charge in [-0.05, 0) is 50.2 Å². The molecule has 0 aliphatic carbocycles. The molecule has 42 heavy (non-hydrogen) atoms. The van der Waals surface area contributed by atoms with Crippen molar-refractivity contribution in [1.82, 2.24) is 15.0 Å². The molecule has 216 valence electrons. The van der Waals surface area contributed by atoms with Crippen LogP contribution in [-0.2, 0) is 11.0 Å². The molecule has 1 amide bonds. The van der Waals surface area contributed by atoms with Crippen molar-refractivity contribution in [2.24, 2.45) is 5.73 Å². The molecule has 3 N–H and O–H groups in total. The van der Waals surface area contributed by atoms with Crippen LogP contribution < -0.4 is 20.7 Å². The number of nitrogens with zero attached hydrogens (tertiary/aromatic N) is 4. The Labute approximate surface area is 244 Å². The van der Waals surface area contributed by atoms with Crippen molar-refractivity contribution in [2.45, 2.75) is 32.5 Å². The van der Waals surface area contributed by atoms with Crippen molar-refractivity contribution in [3.63, 3.8) is 0 Å². The fourth-order valence-electron chi connectivity index (χ4n) is 4.18. The lowest BCUT2D eigenvalue weighted by atomic mass is 10.1. The summed E-state index contributed by atoms with van der Waals surface area (Å²) >= 11 is 1.30. The molecule has 0 unspecified atom stereocenters. The van der Waals surface area contributed by atoms with Gasteiger partial charge in [-0.1, -0.05) is 47.7 Å². The number of hydrogen-bond acceptors (Lipinski definition) is 8. The number of carbonyl (C=O) groups is 1. The van der Waals surface area contributed by atoms with Crippen molar-refractivity contribution in [1.29, 1.82) is 0 Å². The molecule has 0 aliphatic rings. The van der Waals surface area contributed by atoms with Gasteiger partial charge in [0.2, 0.25) is 17.7 Å². The minimum atomic E-state index is -4.47. The monoisotopic (exact) mass is 592 g/mol. The van der Waals surface area contributed by atoms with E-state index in [4.69, 9.17) is 20.4 Å². The lowest BCUT2D eigenvalue weighted by molar-refractivity contribution is -0.137. The van der Waals surface area contributed by atoms with Gasteiger partial charge in [-0.25, -0.2) is 9.97 Å². The number of benzene rings is 3. The van der Waals surface area contributed by atoms with Gasteiger partial charge >= 0.3 is 6.18 Å². The number of hydrogen-bond donors (Lipinski definition) is 2. The van der Waals surface area contributed by atoms with E-state index in [1.165, 1.54) is 30.4 Å². The third-order valence-electron chi connectivity index (χ3n) is 5.95. The number of fused-ring (bicyclic) bond motifs is 1. The summed E-state index contributed by atoms with van der Waals surface area (Å²) in [5.41, 5.74) is 7.07. The van der Waals surface area contributed by atoms with Crippen LogP contribution in [0.3, 0.4) is 0 Å². The minimum absolute atomic E-state index is 0.146. The van der Waals surface area contributed by atoms with Gasteiger partial charge in [-0.2, -0.15) is 18.2 Å². The molecule has 0 saturated carbocycles. The van der Waals surface area contributed by atoms with Gasteiger partial charge < -0.3 is 20.7 Å². The highest BCUT2D eigenvalue weighted by atomic mass is 32.1. The van der Waals surface area contributed by atoms with Crippen LogP contribution in [0, 0.1) is 0 Å². The molecule has 12 heteroatoms. The van der Waals surface area contributed by atoms with Gasteiger partial charge in [-0.3, -0.25) is 4.79 Å². The van der Waals surface area contributed by atoms with Crippen LogP contribution in [0.5, 0.6) is 11.6 Å². The quantitative estimate of drug-likeness (QED) is 0.193. The molecule has 2 aromatic heterocycles. The molecular formula is C30H27F3N6O2S. The van der Waals surface area contributed by atoms with Crippen LogP contribution in [0.2, 0.25) is 0 Å². The maximum Gasteiger partial charge on any atom is 0.416 e. The zero-order valence-electron chi connectivity index (χ0n) is 22.9. The molecule has 0 spiro atoms. The Hall–Kier alpha value is -4.55. The summed E-state index contributed by atoms with van der Waals surface area (Å²) in [5, 5.41) is 3.10. The molecular weight excluding hydrogens is 565 g/mol. The van der Waals surface area contributed by atoms with E-state index in [-0.39, 0.29) is 17.7 Å². The van der Waals surface area contributed by atoms with Crippen molar-refractivity contribution < 1.29 is 22.7 Å². The first-order valence-electron chi connectivity index (χ1n) is 12.9. The number of thiazole rings is 1. The van der Waals surface area contributed by atoms with Crippen LogP contribution >= 0.6 is 11.3 Å². The first-order valence-corrected chi connectivity index (χ1v) is 13.7. The molecule has 0 bridgehead atoms. The Morgan fingerprint density at radius 3 is 2.33 bits per heavy atom. The number of para-hydroxylation sites is 2. The Morgan fingerprint density at radius 1 is 0.976 bits per heavy atom. The molecule has 0 aliphatic heterocycles. The van der Waals surface area contributed by atoms with Crippen LogP contribution in [-0.4, -0.2) is 32.9 Å². The summed E-state index contributed by atoms with van der Waals surface area (Å²) in [6, 6.07) is 21.1. The number of nitrogens with one attached hydrogen (secondary N) is 1. The van der Waals surface area contributed by atoms with Crippen LogP contribution in [0.4, 0.5) is 29.9 Å². The summed E-state index contributed by atoms with van der Waals surface area (Å²) < 4.78 is 46.8. The van der Waals surface area contributed by atoms with Crippen LogP contribution in [0.15, 0.2) is 78.9 Å². The number of anilines is 3. The molecule has 2 heterocycles. The van der Waals surface area contributed by atoms with Gasteiger partial charge in [0.15, 0.2) is 10.9 Å². The fourth-order valence-corrected chi connectivity index (χ4v) is 5.11. The zero-order chi connectivity index (χ0) is 30.1. The lowest BCUT2D eigenvalue weighted by Gasteiger charge is -2.30. The molecule has 0 atom stereocenters. The molecule has 8 nitrogen and oxygen atoms in total. The van der Waals surface area contributed by atoms with Gasteiger partial charge in [0.05, 0.1) is 16.0 Å². The number of aromatic nitrogens is 3. The third-order valence-corrected chi connectivity index (χ3v) is 6.89. The second kappa shape index (κ2) is 11.4. The standard InChI is InChI=1S/C30H27F3N6O2S/c1-18(40)35-28-38-26-23(10-7-11-24(26)42-28)41-25-16-22(19-12-14-20(15-13-19)30(31,32)33)36-27(37-25)39(17-29(2,3)34)21-8-5-4-6-9-21/h4-16H,17,34H2,1-3H3,(H,35,38,40). The number of rotatable bonds is 8. The normalized spacial score (nSPS) is 11.9. The van der Waals surface area contributed by atoms with E-state index in [1.807, 2.05) is 55.1 Å². The predicted molar refractivity (Wildman–Crippen MR) is 158 cm³/mol. The summed E-state index contributed by atoms with van der Waals surface area (Å²) in [7, 11) is 0. The van der Waals surface area contributed by atoms with E-state index in [9.17, 15) is 18.0 Å². The van der Waals surface area contributed by atoms with Crippen molar-refractivity contribution in [3.05, 3.63) is 84.4 Å².